The van der Waals surface area contributed by atoms with Crippen molar-refractivity contribution in [1.82, 2.24) is 20.3 Å². The summed E-state index contributed by atoms with van der Waals surface area (Å²) in [5.74, 6) is 0.931. The zero-order valence-corrected chi connectivity index (χ0v) is 16.6. The van der Waals surface area contributed by atoms with Crippen LogP contribution < -0.4 is 10.1 Å². The number of nitrogens with one attached hydrogen (secondary N) is 1. The maximum atomic E-state index is 12.4. The fraction of sp³-hybridized carbons (Fsp3) is 0.273. The van der Waals surface area contributed by atoms with Crippen LogP contribution in [0.25, 0.3) is 11.3 Å². The fourth-order valence-electron chi connectivity index (χ4n) is 2.86. The molecule has 0 aliphatic carbocycles. The van der Waals surface area contributed by atoms with E-state index in [1.165, 1.54) is 6.33 Å². The van der Waals surface area contributed by atoms with Crippen molar-refractivity contribution < 1.29 is 14.6 Å². The first-order chi connectivity index (χ1) is 14.1. The number of benzene rings is 1. The number of aryl methyl sites for hydroxylation is 1. The van der Waals surface area contributed by atoms with Gasteiger partial charge in [-0.1, -0.05) is 12.1 Å². The molecule has 150 valence electrons. The molecular formula is C22H24N4O3. The number of aliphatic hydroxyl groups is 1. The van der Waals surface area contributed by atoms with Gasteiger partial charge in [0.05, 0.1) is 11.4 Å². The van der Waals surface area contributed by atoms with Crippen molar-refractivity contribution in [3.05, 3.63) is 65.7 Å². The van der Waals surface area contributed by atoms with Crippen molar-refractivity contribution >= 4 is 5.91 Å². The lowest BCUT2D eigenvalue weighted by Crippen LogP contribution is -2.24. The van der Waals surface area contributed by atoms with Gasteiger partial charge in [-0.3, -0.25) is 9.78 Å². The molecule has 0 fully saturated rings. The van der Waals surface area contributed by atoms with E-state index in [1.54, 1.807) is 18.3 Å². The minimum Gasteiger partial charge on any atom is -0.437 e. The monoisotopic (exact) mass is 392 g/mol. The molecule has 3 aromatic rings. The van der Waals surface area contributed by atoms with Crippen molar-refractivity contribution in [2.45, 2.75) is 26.7 Å². The number of hydrogen-bond donors (Lipinski definition) is 2. The standard InChI is InChI=1S/C22H24N4O3/c1-15-20(25-14-26-22(15)29-19-9-6-11-23-16(19)2)17-7-5-8-18(13-17)21(28)24-10-3-4-12-27/h5-9,11,13-14,27H,3-4,10,12H2,1-2H3,(H,24,28). The van der Waals surface area contributed by atoms with E-state index in [-0.39, 0.29) is 12.5 Å². The van der Waals surface area contributed by atoms with E-state index >= 15 is 0 Å². The maximum Gasteiger partial charge on any atom is 0.251 e. The molecule has 0 spiro atoms. The van der Waals surface area contributed by atoms with Gasteiger partial charge in [0.1, 0.15) is 6.33 Å². The fourth-order valence-corrected chi connectivity index (χ4v) is 2.86. The Hall–Kier alpha value is -3.32. The van der Waals surface area contributed by atoms with E-state index in [1.807, 2.05) is 38.1 Å². The van der Waals surface area contributed by atoms with Crippen LogP contribution in [-0.2, 0) is 0 Å². The van der Waals surface area contributed by atoms with Crippen LogP contribution in [0.15, 0.2) is 48.9 Å². The molecule has 1 amide bonds. The van der Waals surface area contributed by atoms with Gasteiger partial charge in [0.15, 0.2) is 5.75 Å². The quantitative estimate of drug-likeness (QED) is 0.570. The van der Waals surface area contributed by atoms with Crippen LogP contribution in [0.3, 0.4) is 0 Å². The number of pyridine rings is 1. The number of ether oxygens (including phenoxy) is 1. The molecule has 29 heavy (non-hydrogen) atoms. The highest BCUT2D eigenvalue weighted by Gasteiger charge is 2.14. The van der Waals surface area contributed by atoms with Crippen LogP contribution >= 0.6 is 0 Å². The molecule has 3 rings (SSSR count). The van der Waals surface area contributed by atoms with Crippen molar-refractivity contribution in [3.8, 4) is 22.9 Å². The maximum absolute atomic E-state index is 12.4. The first-order valence-corrected chi connectivity index (χ1v) is 9.50. The summed E-state index contributed by atoms with van der Waals surface area (Å²) in [6.45, 7) is 4.41. The Labute approximate surface area is 169 Å². The SMILES string of the molecule is Cc1ncccc1Oc1ncnc(-c2cccc(C(=O)NCCCCO)c2)c1C. The molecule has 2 N–H and O–H groups in total. The minimum atomic E-state index is -0.154. The summed E-state index contributed by atoms with van der Waals surface area (Å²) in [5, 5.41) is 11.7. The van der Waals surface area contributed by atoms with Gasteiger partial charge in [-0.05, 0) is 51.0 Å². The average Bonchev–Trinajstić information content (AvgIpc) is 2.74. The largest absolute Gasteiger partial charge is 0.437 e. The normalized spacial score (nSPS) is 10.6. The Bertz CT molecular complexity index is 991. The molecule has 0 radical (unpaired) electrons. The highest BCUT2D eigenvalue weighted by atomic mass is 16.5. The number of rotatable bonds is 8. The number of aliphatic hydroxyl groups excluding tert-OH is 1. The zero-order valence-electron chi connectivity index (χ0n) is 16.6. The summed E-state index contributed by atoms with van der Waals surface area (Å²) in [5.41, 5.74) is 3.60. The van der Waals surface area contributed by atoms with Crippen molar-refractivity contribution in [1.29, 1.82) is 0 Å². The Balaban J connectivity index is 1.82. The number of carbonyl (C=O) groups excluding carboxylic acids is 1. The second kappa shape index (κ2) is 9.75. The number of aromatic nitrogens is 3. The number of hydrogen-bond acceptors (Lipinski definition) is 6. The number of carbonyl (C=O) groups is 1. The van der Waals surface area contributed by atoms with Gasteiger partial charge in [0, 0.05) is 36.0 Å². The minimum absolute atomic E-state index is 0.126. The third kappa shape index (κ3) is 5.14. The summed E-state index contributed by atoms with van der Waals surface area (Å²) in [6, 6.07) is 10.9. The molecular weight excluding hydrogens is 368 g/mol. The van der Waals surface area contributed by atoms with Crippen LogP contribution in [-0.4, -0.2) is 39.1 Å². The molecule has 0 saturated carbocycles. The van der Waals surface area contributed by atoms with E-state index in [9.17, 15) is 4.79 Å². The lowest BCUT2D eigenvalue weighted by Gasteiger charge is -2.12. The number of unbranched alkanes of at least 4 members (excludes halogenated alkanes) is 1. The first-order valence-electron chi connectivity index (χ1n) is 9.50. The van der Waals surface area contributed by atoms with Gasteiger partial charge >= 0.3 is 0 Å². The smallest absolute Gasteiger partial charge is 0.251 e. The second-order valence-electron chi connectivity index (χ2n) is 6.61. The van der Waals surface area contributed by atoms with Gasteiger partial charge in [-0.15, -0.1) is 0 Å². The Morgan fingerprint density at radius 1 is 1.10 bits per heavy atom. The van der Waals surface area contributed by atoms with Gasteiger partial charge in [-0.25, -0.2) is 9.97 Å². The predicted molar refractivity (Wildman–Crippen MR) is 110 cm³/mol. The van der Waals surface area contributed by atoms with Crippen LogP contribution in [0, 0.1) is 13.8 Å². The van der Waals surface area contributed by atoms with Gasteiger partial charge < -0.3 is 15.2 Å². The topological polar surface area (TPSA) is 97.2 Å². The zero-order chi connectivity index (χ0) is 20.6. The van der Waals surface area contributed by atoms with E-state index in [0.717, 1.165) is 23.2 Å². The molecule has 2 heterocycles. The molecule has 0 saturated heterocycles. The van der Waals surface area contributed by atoms with Crippen LogP contribution in [0.1, 0.15) is 34.5 Å². The molecule has 2 aromatic heterocycles. The second-order valence-corrected chi connectivity index (χ2v) is 6.61. The summed E-state index contributed by atoms with van der Waals surface area (Å²) < 4.78 is 5.94. The highest BCUT2D eigenvalue weighted by molar-refractivity contribution is 5.95. The van der Waals surface area contributed by atoms with Crippen LogP contribution in [0.4, 0.5) is 0 Å². The van der Waals surface area contributed by atoms with Gasteiger partial charge in [0.2, 0.25) is 5.88 Å². The third-order valence-electron chi connectivity index (χ3n) is 4.47. The van der Waals surface area contributed by atoms with Crippen molar-refractivity contribution in [2.75, 3.05) is 13.2 Å². The lowest BCUT2D eigenvalue weighted by molar-refractivity contribution is 0.0952. The number of nitrogens with zero attached hydrogens (tertiary/aromatic N) is 3. The Morgan fingerprint density at radius 3 is 2.76 bits per heavy atom. The summed E-state index contributed by atoms with van der Waals surface area (Å²) in [6.07, 6.45) is 4.56. The Kier molecular flexibility index (Phi) is 6.86. The molecule has 0 aliphatic rings. The first kappa shape index (κ1) is 20.4. The number of amides is 1. The lowest BCUT2D eigenvalue weighted by atomic mass is 10.0. The van der Waals surface area contributed by atoms with E-state index in [4.69, 9.17) is 9.84 Å². The van der Waals surface area contributed by atoms with E-state index < -0.39 is 0 Å². The summed E-state index contributed by atoms with van der Waals surface area (Å²) in [7, 11) is 0. The third-order valence-corrected chi connectivity index (χ3v) is 4.47. The van der Waals surface area contributed by atoms with Crippen LogP contribution in [0.2, 0.25) is 0 Å². The summed E-state index contributed by atoms with van der Waals surface area (Å²) in [4.78, 5) is 25.3. The predicted octanol–water partition coefficient (Wildman–Crippen LogP) is 3.45. The molecule has 0 atom stereocenters. The van der Waals surface area contributed by atoms with E-state index in [2.05, 4.69) is 20.3 Å². The van der Waals surface area contributed by atoms with Crippen molar-refractivity contribution in [3.63, 3.8) is 0 Å². The molecule has 7 heteroatoms. The average molecular weight is 392 g/mol. The van der Waals surface area contributed by atoms with Crippen LogP contribution in [0.5, 0.6) is 11.6 Å². The molecule has 0 aliphatic heterocycles. The summed E-state index contributed by atoms with van der Waals surface area (Å²) >= 11 is 0. The highest BCUT2D eigenvalue weighted by Crippen LogP contribution is 2.30. The molecule has 7 nitrogen and oxygen atoms in total. The molecule has 0 unspecified atom stereocenters. The Morgan fingerprint density at radius 2 is 1.97 bits per heavy atom. The van der Waals surface area contributed by atoms with Gasteiger partial charge in [0.25, 0.3) is 5.91 Å². The molecule has 0 bridgehead atoms. The van der Waals surface area contributed by atoms with E-state index in [0.29, 0.717) is 35.9 Å². The van der Waals surface area contributed by atoms with Gasteiger partial charge in [-0.2, -0.15) is 0 Å². The molecule has 1 aromatic carbocycles. The van der Waals surface area contributed by atoms with Crippen molar-refractivity contribution in [2.24, 2.45) is 0 Å².